The fourth-order valence-corrected chi connectivity index (χ4v) is 5.52. The zero-order valence-corrected chi connectivity index (χ0v) is 25.6. The number of fused-ring (bicyclic) bond motifs is 1. The molecule has 4 rings (SSSR count). The number of amides is 1. The molecule has 1 amide bonds. The Morgan fingerprint density at radius 2 is 1.78 bits per heavy atom. The van der Waals surface area contributed by atoms with Crippen molar-refractivity contribution < 1.29 is 19.0 Å². The number of anilines is 1. The van der Waals surface area contributed by atoms with Crippen LogP contribution >= 0.6 is 11.6 Å². The van der Waals surface area contributed by atoms with Gasteiger partial charge in [-0.1, -0.05) is 43.6 Å². The van der Waals surface area contributed by atoms with Gasteiger partial charge >= 0.3 is 6.09 Å². The molecular weight excluding hydrogens is 540 g/mol. The molecule has 2 aromatic carbocycles. The van der Waals surface area contributed by atoms with E-state index in [0.717, 1.165) is 92.5 Å². The smallest absolute Gasteiger partial charge is 0.412 e. The Bertz CT molecular complexity index is 1160. The van der Waals surface area contributed by atoms with Gasteiger partial charge in [-0.2, -0.15) is 0 Å². The first-order valence-corrected chi connectivity index (χ1v) is 15.5. The SMILES string of the molecule is CCCN(CCC)C(=O)OCOC1=Nc2cc(OCCCCN3CCN(c4cccc(C)c4Cl)CC3)ccc2CC1. The van der Waals surface area contributed by atoms with E-state index in [2.05, 4.69) is 46.0 Å². The maximum absolute atomic E-state index is 12.3. The molecule has 0 radical (unpaired) electrons. The monoisotopic (exact) mass is 584 g/mol. The number of rotatable bonds is 13. The van der Waals surface area contributed by atoms with Crippen LogP contribution in [0, 0.1) is 6.92 Å². The molecule has 0 saturated carbocycles. The van der Waals surface area contributed by atoms with Gasteiger partial charge in [0.1, 0.15) is 5.75 Å². The van der Waals surface area contributed by atoms with E-state index >= 15 is 0 Å². The van der Waals surface area contributed by atoms with Gasteiger partial charge < -0.3 is 24.0 Å². The number of hydrogen-bond donors (Lipinski definition) is 0. The first kappa shape index (κ1) is 31.0. The van der Waals surface area contributed by atoms with Crippen molar-refractivity contribution in [3.8, 4) is 5.75 Å². The summed E-state index contributed by atoms with van der Waals surface area (Å²) in [6, 6.07) is 12.3. The zero-order chi connectivity index (χ0) is 29.0. The fourth-order valence-electron chi connectivity index (χ4n) is 5.27. The molecule has 1 fully saturated rings. The number of nitrogens with zero attached hydrogens (tertiary/aromatic N) is 4. The summed E-state index contributed by atoms with van der Waals surface area (Å²) in [6.07, 6.45) is 5.07. The molecule has 2 aromatic rings. The molecule has 0 atom stereocenters. The van der Waals surface area contributed by atoms with Crippen molar-refractivity contribution in [1.29, 1.82) is 0 Å². The maximum Gasteiger partial charge on any atom is 0.412 e. The molecule has 2 aliphatic heterocycles. The van der Waals surface area contributed by atoms with Gasteiger partial charge in [0.05, 0.1) is 23.0 Å². The average Bonchev–Trinajstić information content (AvgIpc) is 2.98. The van der Waals surface area contributed by atoms with E-state index < -0.39 is 0 Å². The standard InChI is InChI=1S/C32H45ClN4O4/c1-4-15-37(16-5-2)32(38)41-24-40-30-14-12-26-11-13-27(23-28(26)34-30)39-22-7-6-17-35-18-20-36(21-19-35)29-10-8-9-25(3)31(29)33/h8-11,13,23H,4-7,12,14-22,24H2,1-3H3. The lowest BCUT2D eigenvalue weighted by atomic mass is 10.0. The van der Waals surface area contributed by atoms with Crippen LogP contribution in [0.4, 0.5) is 16.2 Å². The number of carbonyl (C=O) groups is 1. The number of piperazine rings is 1. The van der Waals surface area contributed by atoms with Crippen molar-refractivity contribution in [2.75, 3.05) is 64.1 Å². The van der Waals surface area contributed by atoms with E-state index in [1.165, 1.54) is 5.56 Å². The second-order valence-corrected chi connectivity index (χ2v) is 11.1. The van der Waals surface area contributed by atoms with Crippen LogP contribution in [0.5, 0.6) is 5.75 Å². The van der Waals surface area contributed by atoms with Gasteiger partial charge in [-0.25, -0.2) is 9.79 Å². The minimum atomic E-state index is -0.337. The molecule has 0 aromatic heterocycles. The summed E-state index contributed by atoms with van der Waals surface area (Å²) in [4.78, 5) is 23.6. The van der Waals surface area contributed by atoms with Crippen molar-refractivity contribution in [3.63, 3.8) is 0 Å². The molecule has 0 N–H and O–H groups in total. The Balaban J connectivity index is 1.15. The minimum absolute atomic E-state index is 0.123. The number of halogens is 1. The summed E-state index contributed by atoms with van der Waals surface area (Å²) >= 11 is 6.54. The number of unbranched alkanes of at least 4 members (excludes halogenated alkanes) is 1. The third-order valence-electron chi connectivity index (χ3n) is 7.59. The first-order valence-electron chi connectivity index (χ1n) is 15.1. The maximum atomic E-state index is 12.3. The lowest BCUT2D eigenvalue weighted by Gasteiger charge is -2.36. The normalized spacial score (nSPS) is 15.2. The number of hydrogen-bond acceptors (Lipinski definition) is 7. The number of carbonyl (C=O) groups excluding carboxylic acids is 1. The van der Waals surface area contributed by atoms with Crippen LogP contribution in [-0.2, 0) is 15.9 Å². The van der Waals surface area contributed by atoms with Crippen molar-refractivity contribution in [3.05, 3.63) is 52.5 Å². The topological polar surface area (TPSA) is 66.8 Å². The number of aryl methyl sites for hydroxylation is 2. The van der Waals surface area contributed by atoms with Crippen LogP contribution in [0.1, 0.15) is 57.1 Å². The van der Waals surface area contributed by atoms with Gasteiger partial charge in [-0.05, 0) is 68.8 Å². The van der Waals surface area contributed by atoms with Gasteiger partial charge in [0.2, 0.25) is 6.79 Å². The second kappa shape index (κ2) is 15.9. The van der Waals surface area contributed by atoms with Crippen LogP contribution in [-0.4, -0.2) is 81.0 Å². The highest BCUT2D eigenvalue weighted by Gasteiger charge is 2.20. The summed E-state index contributed by atoms with van der Waals surface area (Å²) in [5, 5.41) is 0.872. The molecule has 224 valence electrons. The van der Waals surface area contributed by atoms with Crippen LogP contribution in [0.3, 0.4) is 0 Å². The van der Waals surface area contributed by atoms with E-state index in [0.29, 0.717) is 32.0 Å². The third kappa shape index (κ3) is 9.01. The predicted octanol–water partition coefficient (Wildman–Crippen LogP) is 6.84. The van der Waals surface area contributed by atoms with E-state index in [1.807, 2.05) is 26.0 Å². The average molecular weight is 585 g/mol. The van der Waals surface area contributed by atoms with Gasteiger partial charge in [-0.15, -0.1) is 0 Å². The third-order valence-corrected chi connectivity index (χ3v) is 8.08. The lowest BCUT2D eigenvalue weighted by Crippen LogP contribution is -2.46. The Labute approximate surface area is 250 Å². The molecular formula is C32H45ClN4O4. The summed E-state index contributed by atoms with van der Waals surface area (Å²) in [7, 11) is 0. The highest BCUT2D eigenvalue weighted by atomic mass is 35.5. The first-order chi connectivity index (χ1) is 20.0. The van der Waals surface area contributed by atoms with Gasteiger partial charge in [0, 0.05) is 51.8 Å². The minimum Gasteiger partial charge on any atom is -0.494 e. The zero-order valence-electron chi connectivity index (χ0n) is 24.9. The molecule has 2 aliphatic rings. The molecule has 0 aliphatic carbocycles. The molecule has 0 unspecified atom stereocenters. The van der Waals surface area contributed by atoms with Crippen molar-refractivity contribution in [1.82, 2.24) is 9.80 Å². The van der Waals surface area contributed by atoms with Crippen LogP contribution in [0.25, 0.3) is 0 Å². The van der Waals surface area contributed by atoms with Crippen molar-refractivity contribution in [2.24, 2.45) is 4.99 Å². The molecule has 0 bridgehead atoms. The van der Waals surface area contributed by atoms with Crippen LogP contribution in [0.2, 0.25) is 5.02 Å². The van der Waals surface area contributed by atoms with Gasteiger partial charge in [-0.3, -0.25) is 4.90 Å². The summed E-state index contributed by atoms with van der Waals surface area (Å²) in [5.41, 5.74) is 4.31. The summed E-state index contributed by atoms with van der Waals surface area (Å²) in [6.45, 7) is 13.2. The van der Waals surface area contributed by atoms with E-state index in [1.54, 1.807) is 4.90 Å². The van der Waals surface area contributed by atoms with Crippen LogP contribution < -0.4 is 9.64 Å². The number of ether oxygens (including phenoxy) is 3. The highest BCUT2D eigenvalue weighted by Crippen LogP contribution is 2.31. The Morgan fingerprint density at radius 1 is 1.00 bits per heavy atom. The number of aliphatic imine (C=N–C) groups is 1. The molecule has 2 heterocycles. The van der Waals surface area contributed by atoms with Gasteiger partial charge in [0.15, 0.2) is 5.90 Å². The van der Waals surface area contributed by atoms with Crippen molar-refractivity contribution >= 4 is 35.0 Å². The predicted molar refractivity (Wildman–Crippen MR) is 166 cm³/mol. The van der Waals surface area contributed by atoms with E-state index in [-0.39, 0.29) is 12.9 Å². The van der Waals surface area contributed by atoms with E-state index in [9.17, 15) is 4.79 Å². The Kier molecular flexibility index (Phi) is 12.0. The van der Waals surface area contributed by atoms with Crippen molar-refractivity contribution in [2.45, 2.75) is 59.3 Å². The summed E-state index contributed by atoms with van der Waals surface area (Å²) in [5.74, 6) is 1.41. The van der Waals surface area contributed by atoms with E-state index in [4.69, 9.17) is 25.8 Å². The second-order valence-electron chi connectivity index (χ2n) is 10.7. The Hall–Kier alpha value is -2.97. The molecule has 1 saturated heterocycles. The number of benzene rings is 2. The Morgan fingerprint density at radius 3 is 2.54 bits per heavy atom. The largest absolute Gasteiger partial charge is 0.494 e. The lowest BCUT2D eigenvalue weighted by molar-refractivity contribution is 0.0275. The van der Waals surface area contributed by atoms with Gasteiger partial charge in [0.25, 0.3) is 0 Å². The summed E-state index contributed by atoms with van der Waals surface area (Å²) < 4.78 is 17.1. The molecule has 9 heteroatoms. The van der Waals surface area contributed by atoms with Crippen LogP contribution in [0.15, 0.2) is 41.4 Å². The fraction of sp³-hybridized carbons (Fsp3) is 0.562. The quantitative estimate of drug-likeness (QED) is 0.190. The molecule has 0 spiro atoms. The molecule has 8 nitrogen and oxygen atoms in total. The molecule has 41 heavy (non-hydrogen) atoms. The highest BCUT2D eigenvalue weighted by molar-refractivity contribution is 6.34.